The van der Waals surface area contributed by atoms with Crippen molar-refractivity contribution < 1.29 is 9.53 Å². The van der Waals surface area contributed by atoms with E-state index >= 15 is 0 Å². The number of rotatable bonds is 7. The third kappa shape index (κ3) is 3.80. The Balaban J connectivity index is 1.60. The lowest BCUT2D eigenvalue weighted by atomic mass is 10.2. The number of carbonyl (C=O) groups excluding carboxylic acids is 1. The number of anilines is 1. The van der Waals surface area contributed by atoms with E-state index in [1.54, 1.807) is 18.3 Å². The molecule has 0 saturated heterocycles. The average molecular weight is 461 g/mol. The highest BCUT2D eigenvalue weighted by atomic mass is 32.2. The van der Waals surface area contributed by atoms with Crippen LogP contribution in [0.25, 0.3) is 20.9 Å². The normalized spacial score (nSPS) is 11.3. The molecule has 0 bridgehead atoms. The van der Waals surface area contributed by atoms with Crippen molar-refractivity contribution >= 4 is 56.4 Å². The number of fused-ring (bicyclic) bond motifs is 1. The Morgan fingerprint density at radius 2 is 2.13 bits per heavy atom. The maximum atomic E-state index is 12.2. The minimum atomic E-state index is -0.356. The molecule has 0 fully saturated rings. The summed E-state index contributed by atoms with van der Waals surface area (Å²) in [5.74, 6) is 1.96. The first-order chi connectivity index (χ1) is 14.5. The van der Waals surface area contributed by atoms with Gasteiger partial charge in [-0.05, 0) is 37.8 Å². The number of nitrogens with two attached hydrogens (primary N) is 1. The van der Waals surface area contributed by atoms with Crippen LogP contribution in [0, 0.1) is 6.92 Å². The Bertz CT molecular complexity index is 1200. The highest BCUT2D eigenvalue weighted by molar-refractivity contribution is 7.98. The Kier molecular flexibility index (Phi) is 6.02. The highest BCUT2D eigenvalue weighted by Crippen LogP contribution is 2.34. The summed E-state index contributed by atoms with van der Waals surface area (Å²) in [5, 5.41) is 12.2. The van der Waals surface area contributed by atoms with Crippen molar-refractivity contribution in [3.63, 3.8) is 0 Å². The van der Waals surface area contributed by atoms with Crippen molar-refractivity contribution in [1.82, 2.24) is 24.7 Å². The SMILES string of the molecule is CCOC(=O)c1sc2nc(CSc3nnc(-c4cccs4)n3CC)nc(N)c2c1C. The molecule has 0 atom stereocenters. The second-order valence-electron chi connectivity index (χ2n) is 6.30. The van der Waals surface area contributed by atoms with E-state index in [1.807, 2.05) is 24.4 Å². The molecule has 0 aliphatic carbocycles. The molecule has 0 spiro atoms. The summed E-state index contributed by atoms with van der Waals surface area (Å²) >= 11 is 4.43. The van der Waals surface area contributed by atoms with Crippen LogP contribution in [0.3, 0.4) is 0 Å². The maximum absolute atomic E-state index is 12.2. The number of thiophene rings is 2. The van der Waals surface area contributed by atoms with Gasteiger partial charge in [-0.3, -0.25) is 0 Å². The van der Waals surface area contributed by atoms with Crippen LogP contribution in [-0.4, -0.2) is 37.3 Å². The lowest BCUT2D eigenvalue weighted by Gasteiger charge is -2.06. The van der Waals surface area contributed by atoms with E-state index in [9.17, 15) is 4.79 Å². The van der Waals surface area contributed by atoms with Crippen LogP contribution in [0.2, 0.25) is 0 Å². The van der Waals surface area contributed by atoms with Crippen molar-refractivity contribution in [2.75, 3.05) is 12.3 Å². The van der Waals surface area contributed by atoms with Crippen molar-refractivity contribution in [1.29, 1.82) is 0 Å². The number of aryl methyl sites for hydroxylation is 1. The van der Waals surface area contributed by atoms with E-state index < -0.39 is 0 Å². The Labute approximate surface area is 185 Å². The lowest BCUT2D eigenvalue weighted by molar-refractivity contribution is 0.0531. The zero-order valence-corrected chi connectivity index (χ0v) is 19.2. The average Bonchev–Trinajstić information content (AvgIpc) is 3.45. The molecule has 4 aromatic rings. The summed E-state index contributed by atoms with van der Waals surface area (Å²) in [6.07, 6.45) is 0. The van der Waals surface area contributed by atoms with Crippen LogP contribution >= 0.6 is 34.4 Å². The monoisotopic (exact) mass is 460 g/mol. The van der Waals surface area contributed by atoms with Gasteiger partial charge in [0.2, 0.25) is 0 Å². The molecule has 156 valence electrons. The summed E-state index contributed by atoms with van der Waals surface area (Å²) in [5.41, 5.74) is 6.96. The first kappa shape index (κ1) is 20.8. The van der Waals surface area contributed by atoms with E-state index in [1.165, 1.54) is 23.1 Å². The van der Waals surface area contributed by atoms with Gasteiger partial charge in [0.05, 0.1) is 22.6 Å². The van der Waals surface area contributed by atoms with E-state index in [0.717, 1.165) is 28.0 Å². The summed E-state index contributed by atoms with van der Waals surface area (Å²) in [4.78, 5) is 23.6. The van der Waals surface area contributed by atoms with Gasteiger partial charge in [0.1, 0.15) is 21.3 Å². The van der Waals surface area contributed by atoms with Crippen LogP contribution in [0.1, 0.15) is 34.9 Å². The number of hydrogen-bond donors (Lipinski definition) is 1. The van der Waals surface area contributed by atoms with E-state index in [-0.39, 0.29) is 5.97 Å². The second kappa shape index (κ2) is 8.70. The first-order valence-corrected chi connectivity index (χ1v) is 12.0. The minimum Gasteiger partial charge on any atom is -0.462 e. The van der Waals surface area contributed by atoms with Crippen molar-refractivity contribution in [3.05, 3.63) is 33.8 Å². The number of hydrogen-bond acceptors (Lipinski definition) is 10. The molecule has 2 N–H and O–H groups in total. The number of nitrogen functional groups attached to an aromatic ring is 1. The number of ether oxygens (including phenoxy) is 1. The van der Waals surface area contributed by atoms with Crippen molar-refractivity contribution in [3.8, 4) is 10.7 Å². The zero-order valence-electron chi connectivity index (χ0n) is 16.7. The fourth-order valence-corrected chi connectivity index (χ4v) is 5.75. The first-order valence-electron chi connectivity index (χ1n) is 9.35. The number of thioether (sulfide) groups is 1. The molecular formula is C19H20N6O2S3. The predicted octanol–water partition coefficient (Wildman–Crippen LogP) is 4.39. The molecule has 4 aromatic heterocycles. The largest absolute Gasteiger partial charge is 0.462 e. The highest BCUT2D eigenvalue weighted by Gasteiger charge is 2.21. The molecule has 0 aromatic carbocycles. The van der Waals surface area contributed by atoms with Gasteiger partial charge in [0.15, 0.2) is 11.0 Å². The second-order valence-corrected chi connectivity index (χ2v) is 9.19. The number of carbonyl (C=O) groups is 1. The van der Waals surface area contributed by atoms with Crippen LogP contribution < -0.4 is 5.73 Å². The Morgan fingerprint density at radius 1 is 1.30 bits per heavy atom. The summed E-state index contributed by atoms with van der Waals surface area (Å²) < 4.78 is 7.21. The molecule has 8 nitrogen and oxygen atoms in total. The summed E-state index contributed by atoms with van der Waals surface area (Å²) in [7, 11) is 0. The Hall–Kier alpha value is -2.50. The molecule has 0 aliphatic rings. The van der Waals surface area contributed by atoms with Gasteiger partial charge >= 0.3 is 5.97 Å². The van der Waals surface area contributed by atoms with E-state index in [4.69, 9.17) is 10.5 Å². The summed E-state index contributed by atoms with van der Waals surface area (Å²) in [6.45, 7) is 6.77. The fourth-order valence-electron chi connectivity index (χ4n) is 3.07. The zero-order chi connectivity index (χ0) is 21.3. The van der Waals surface area contributed by atoms with Gasteiger partial charge in [-0.25, -0.2) is 14.8 Å². The van der Waals surface area contributed by atoms with Gasteiger partial charge in [-0.15, -0.1) is 32.9 Å². The van der Waals surface area contributed by atoms with Crippen LogP contribution in [0.5, 0.6) is 0 Å². The molecule has 0 amide bonds. The van der Waals surface area contributed by atoms with Gasteiger partial charge in [-0.2, -0.15) is 0 Å². The minimum absolute atomic E-state index is 0.321. The van der Waals surface area contributed by atoms with Gasteiger partial charge < -0.3 is 15.0 Å². The van der Waals surface area contributed by atoms with Gasteiger partial charge in [0, 0.05) is 6.54 Å². The fraction of sp³-hybridized carbons (Fsp3) is 0.316. The molecule has 30 heavy (non-hydrogen) atoms. The van der Waals surface area contributed by atoms with Crippen LogP contribution in [0.15, 0.2) is 22.7 Å². The lowest BCUT2D eigenvalue weighted by Crippen LogP contribution is -2.04. The van der Waals surface area contributed by atoms with E-state index in [2.05, 4.69) is 31.7 Å². The predicted molar refractivity (Wildman–Crippen MR) is 121 cm³/mol. The van der Waals surface area contributed by atoms with Gasteiger partial charge in [0.25, 0.3) is 0 Å². The molecule has 0 unspecified atom stereocenters. The molecule has 11 heteroatoms. The molecule has 4 rings (SSSR count). The quantitative estimate of drug-likeness (QED) is 0.319. The standard InChI is InChI=1S/C19H20N6O2S3/c1-4-25-16(11-7-6-8-28-11)23-24-19(25)29-9-12-21-15(20)13-10(3)14(18(26)27-5-2)30-17(13)22-12/h6-8H,4-5,9H2,1-3H3,(H2,20,21,22). The molecular weight excluding hydrogens is 440 g/mol. The topological polar surface area (TPSA) is 109 Å². The third-order valence-electron chi connectivity index (χ3n) is 4.43. The molecule has 0 radical (unpaired) electrons. The van der Waals surface area contributed by atoms with Crippen LogP contribution in [-0.2, 0) is 17.0 Å². The van der Waals surface area contributed by atoms with E-state index in [0.29, 0.717) is 39.1 Å². The van der Waals surface area contributed by atoms with Crippen LogP contribution in [0.4, 0.5) is 5.82 Å². The molecule has 0 aliphatic heterocycles. The van der Waals surface area contributed by atoms with Crippen molar-refractivity contribution in [2.24, 2.45) is 0 Å². The number of esters is 1. The molecule has 0 saturated carbocycles. The maximum Gasteiger partial charge on any atom is 0.348 e. The number of aromatic nitrogens is 5. The smallest absolute Gasteiger partial charge is 0.348 e. The Morgan fingerprint density at radius 3 is 2.83 bits per heavy atom. The molecule has 4 heterocycles. The van der Waals surface area contributed by atoms with Crippen molar-refractivity contribution in [2.45, 2.75) is 38.2 Å². The number of nitrogens with zero attached hydrogens (tertiary/aromatic N) is 5. The third-order valence-corrected chi connectivity index (χ3v) is 7.42. The van der Waals surface area contributed by atoms with Gasteiger partial charge in [-0.1, -0.05) is 17.8 Å². The summed E-state index contributed by atoms with van der Waals surface area (Å²) in [6, 6.07) is 4.04.